The molecule has 2 aromatic carbocycles. The largest absolute Gasteiger partial charge is 0.479 e. The molecule has 42 heavy (non-hydrogen) atoms. The summed E-state index contributed by atoms with van der Waals surface area (Å²) in [5.74, 6) is -1.05. The zero-order valence-corrected chi connectivity index (χ0v) is 25.3. The minimum absolute atomic E-state index is 0.595. The second kappa shape index (κ2) is 10.6. The van der Waals surface area contributed by atoms with E-state index in [1.807, 2.05) is 83.4 Å². The van der Waals surface area contributed by atoms with Crippen LogP contribution in [-0.2, 0) is 16.6 Å². The van der Waals surface area contributed by atoms with Crippen molar-refractivity contribution in [2.45, 2.75) is 39.4 Å². The molecule has 6 rings (SSSR count). The van der Waals surface area contributed by atoms with E-state index in [0.29, 0.717) is 10.6 Å². The van der Waals surface area contributed by atoms with Crippen LogP contribution >= 0.6 is 22.9 Å². The summed E-state index contributed by atoms with van der Waals surface area (Å²) in [7, 11) is 1.87. The van der Waals surface area contributed by atoms with Gasteiger partial charge in [-0.1, -0.05) is 23.7 Å². The molecule has 0 saturated heterocycles. The SMILES string of the molecule is Cc1cc2nc(-c3ccnc(-c4ccc5nn(C)cc5n4)c3)sc2c(-c2ccc(Cl)cc2)c1[C@H](OC(C)(C)C)C(=O)O. The molecule has 0 saturated carbocycles. The van der Waals surface area contributed by atoms with Crippen LogP contribution in [0.5, 0.6) is 0 Å². The summed E-state index contributed by atoms with van der Waals surface area (Å²) in [6.45, 7) is 7.46. The molecule has 6 aromatic rings. The molecule has 212 valence electrons. The maximum Gasteiger partial charge on any atom is 0.337 e. The molecule has 0 bridgehead atoms. The standard InChI is InChI=1S/C32H28ClN5O3S/c1-17-14-24-29(27(18-6-8-20(33)9-7-18)26(17)28(31(39)40)41-32(2,3)4)42-30(36-24)19-12-13-34-23(15-19)21-10-11-22-25(35-21)16-38(5)37-22/h6-16,28H,1-5H3,(H,39,40)/t28-/m0/s1. The molecular weight excluding hydrogens is 570 g/mol. The van der Waals surface area contributed by atoms with Crippen molar-refractivity contribution in [1.29, 1.82) is 0 Å². The molecule has 0 aliphatic heterocycles. The molecule has 0 unspecified atom stereocenters. The number of carboxylic acids is 1. The van der Waals surface area contributed by atoms with Gasteiger partial charge in [-0.3, -0.25) is 9.67 Å². The van der Waals surface area contributed by atoms with Gasteiger partial charge in [-0.25, -0.2) is 14.8 Å². The number of carboxylic acid groups (broad SMARTS) is 1. The second-order valence-corrected chi connectivity index (χ2v) is 12.6. The zero-order valence-electron chi connectivity index (χ0n) is 23.7. The molecule has 0 fully saturated rings. The van der Waals surface area contributed by atoms with Gasteiger partial charge >= 0.3 is 5.97 Å². The highest BCUT2D eigenvalue weighted by Crippen LogP contribution is 2.44. The highest BCUT2D eigenvalue weighted by atomic mass is 35.5. The van der Waals surface area contributed by atoms with Crippen molar-refractivity contribution in [3.8, 4) is 33.1 Å². The number of hydrogen-bond donors (Lipinski definition) is 1. The van der Waals surface area contributed by atoms with E-state index in [9.17, 15) is 9.90 Å². The third-order valence-corrected chi connectivity index (χ3v) is 8.15. The number of nitrogens with zero attached hydrogens (tertiary/aromatic N) is 5. The van der Waals surface area contributed by atoms with Crippen LogP contribution in [0.3, 0.4) is 0 Å². The van der Waals surface area contributed by atoms with E-state index in [4.69, 9.17) is 26.3 Å². The lowest BCUT2D eigenvalue weighted by Gasteiger charge is -2.28. The summed E-state index contributed by atoms with van der Waals surface area (Å²) in [5.41, 5.74) is 7.05. The Bertz CT molecular complexity index is 1980. The Morgan fingerprint density at radius 3 is 2.45 bits per heavy atom. The van der Waals surface area contributed by atoms with Crippen LogP contribution in [-0.4, -0.2) is 41.4 Å². The van der Waals surface area contributed by atoms with Crippen LogP contribution < -0.4 is 0 Å². The van der Waals surface area contributed by atoms with E-state index in [1.165, 1.54) is 11.3 Å². The van der Waals surface area contributed by atoms with Gasteiger partial charge in [-0.2, -0.15) is 5.10 Å². The topological polar surface area (TPSA) is 103 Å². The number of fused-ring (bicyclic) bond motifs is 2. The second-order valence-electron chi connectivity index (χ2n) is 11.1. The number of benzene rings is 2. The smallest absolute Gasteiger partial charge is 0.337 e. The monoisotopic (exact) mass is 597 g/mol. The third-order valence-electron chi connectivity index (χ3n) is 6.76. The first-order chi connectivity index (χ1) is 20.0. The average molecular weight is 598 g/mol. The summed E-state index contributed by atoms with van der Waals surface area (Å²) in [4.78, 5) is 26.9. The summed E-state index contributed by atoms with van der Waals surface area (Å²) >= 11 is 7.73. The summed E-state index contributed by atoms with van der Waals surface area (Å²) in [6.07, 6.45) is 2.45. The van der Waals surface area contributed by atoms with E-state index in [2.05, 4.69) is 10.1 Å². The fourth-order valence-corrected chi connectivity index (χ4v) is 6.28. The van der Waals surface area contributed by atoms with Crippen LogP contribution in [0.1, 0.15) is 38.0 Å². The zero-order chi connectivity index (χ0) is 29.8. The Labute approximate surface area is 251 Å². The Hall–Kier alpha value is -4.18. The van der Waals surface area contributed by atoms with Gasteiger partial charge in [0, 0.05) is 35.0 Å². The highest BCUT2D eigenvalue weighted by Gasteiger charge is 2.32. The van der Waals surface area contributed by atoms with Crippen molar-refractivity contribution in [1.82, 2.24) is 24.7 Å². The summed E-state index contributed by atoms with van der Waals surface area (Å²) in [6, 6.07) is 17.1. The Kier molecular flexibility index (Phi) is 7.04. The van der Waals surface area contributed by atoms with Crippen molar-refractivity contribution in [2.24, 2.45) is 7.05 Å². The number of halogens is 1. The minimum atomic E-state index is -1.17. The molecule has 0 aliphatic carbocycles. The van der Waals surface area contributed by atoms with Gasteiger partial charge < -0.3 is 9.84 Å². The average Bonchev–Trinajstić information content (AvgIpc) is 3.53. The number of aryl methyl sites for hydroxylation is 2. The number of hydrogen-bond acceptors (Lipinski definition) is 7. The number of rotatable bonds is 6. The van der Waals surface area contributed by atoms with E-state index >= 15 is 0 Å². The molecule has 4 aromatic heterocycles. The van der Waals surface area contributed by atoms with Crippen LogP contribution in [0.4, 0.5) is 0 Å². The normalized spacial score (nSPS) is 12.7. The van der Waals surface area contributed by atoms with Gasteiger partial charge in [0.25, 0.3) is 0 Å². The first kappa shape index (κ1) is 28.0. The molecular formula is C32H28ClN5O3S. The number of ether oxygens (including phenoxy) is 1. The molecule has 0 aliphatic rings. The first-order valence-electron chi connectivity index (χ1n) is 13.3. The lowest BCUT2D eigenvalue weighted by atomic mass is 9.91. The predicted molar refractivity (Wildman–Crippen MR) is 167 cm³/mol. The van der Waals surface area contributed by atoms with Crippen LogP contribution in [0.2, 0.25) is 5.02 Å². The first-order valence-corrected chi connectivity index (χ1v) is 14.5. The number of carbonyl (C=O) groups is 1. The maximum atomic E-state index is 12.6. The molecule has 0 spiro atoms. The van der Waals surface area contributed by atoms with Crippen LogP contribution in [0, 0.1) is 6.92 Å². The number of thiazole rings is 1. The van der Waals surface area contributed by atoms with Gasteiger partial charge in [0.2, 0.25) is 0 Å². The predicted octanol–water partition coefficient (Wildman–Crippen LogP) is 7.88. The van der Waals surface area contributed by atoms with Crippen molar-refractivity contribution in [3.63, 3.8) is 0 Å². The van der Waals surface area contributed by atoms with Gasteiger partial charge in [-0.15, -0.1) is 11.3 Å². The number of aliphatic carboxylic acids is 1. The number of aromatic nitrogens is 5. The van der Waals surface area contributed by atoms with E-state index in [-0.39, 0.29) is 0 Å². The lowest BCUT2D eigenvalue weighted by molar-refractivity contribution is -0.160. The Morgan fingerprint density at radius 2 is 1.74 bits per heavy atom. The maximum absolute atomic E-state index is 12.6. The van der Waals surface area contributed by atoms with Gasteiger partial charge in [-0.05, 0) is 81.3 Å². The van der Waals surface area contributed by atoms with Crippen molar-refractivity contribution >= 4 is 50.2 Å². The molecule has 0 radical (unpaired) electrons. The Morgan fingerprint density at radius 1 is 0.976 bits per heavy atom. The minimum Gasteiger partial charge on any atom is -0.479 e. The van der Waals surface area contributed by atoms with Crippen molar-refractivity contribution in [2.75, 3.05) is 0 Å². The lowest BCUT2D eigenvalue weighted by Crippen LogP contribution is -2.28. The van der Waals surface area contributed by atoms with E-state index in [1.54, 1.807) is 23.0 Å². The van der Waals surface area contributed by atoms with Gasteiger partial charge in [0.05, 0.1) is 33.4 Å². The third kappa shape index (κ3) is 5.38. The molecule has 4 heterocycles. The fraction of sp³-hybridized carbons (Fsp3) is 0.219. The van der Waals surface area contributed by atoms with Gasteiger partial charge in [0.15, 0.2) is 6.10 Å². The molecule has 1 atom stereocenters. The molecule has 0 amide bonds. The molecule has 1 N–H and O–H groups in total. The number of pyridine rings is 2. The Balaban J connectivity index is 1.53. The van der Waals surface area contributed by atoms with E-state index in [0.717, 1.165) is 59.9 Å². The van der Waals surface area contributed by atoms with Crippen molar-refractivity contribution in [3.05, 3.63) is 83.1 Å². The highest BCUT2D eigenvalue weighted by molar-refractivity contribution is 7.22. The van der Waals surface area contributed by atoms with Crippen LogP contribution in [0.15, 0.2) is 67.0 Å². The van der Waals surface area contributed by atoms with E-state index < -0.39 is 17.7 Å². The van der Waals surface area contributed by atoms with Gasteiger partial charge in [0.1, 0.15) is 16.0 Å². The van der Waals surface area contributed by atoms with Crippen LogP contribution in [0.25, 0.3) is 54.3 Å². The molecule has 10 heteroatoms. The molecule has 8 nitrogen and oxygen atoms in total. The summed E-state index contributed by atoms with van der Waals surface area (Å²) < 4.78 is 8.73. The fourth-order valence-electron chi connectivity index (χ4n) is 5.03. The summed E-state index contributed by atoms with van der Waals surface area (Å²) in [5, 5.41) is 16.1. The quantitative estimate of drug-likeness (QED) is 0.208. The van der Waals surface area contributed by atoms with Crippen molar-refractivity contribution < 1.29 is 14.6 Å².